The van der Waals surface area contributed by atoms with Gasteiger partial charge in [-0.3, -0.25) is 0 Å². The Morgan fingerprint density at radius 1 is 1.35 bits per heavy atom. The predicted molar refractivity (Wildman–Crippen MR) is 83.6 cm³/mol. The second-order valence-electron chi connectivity index (χ2n) is 6.13. The number of rotatable bonds is 4. The minimum atomic E-state index is 0.550. The highest BCUT2D eigenvalue weighted by Gasteiger charge is 2.23. The van der Waals surface area contributed by atoms with Crippen molar-refractivity contribution in [2.75, 3.05) is 31.6 Å². The van der Waals surface area contributed by atoms with Crippen molar-refractivity contribution in [3.8, 4) is 5.75 Å². The van der Waals surface area contributed by atoms with Crippen LogP contribution in [0.25, 0.3) is 0 Å². The Morgan fingerprint density at radius 3 is 2.90 bits per heavy atom. The molecule has 110 valence electrons. The third-order valence-electron chi connectivity index (χ3n) is 4.87. The molecule has 1 aromatic rings. The number of fused-ring (bicyclic) bond motifs is 1. The first-order chi connectivity index (χ1) is 9.76. The third kappa shape index (κ3) is 2.93. The molecule has 0 bridgehead atoms. The highest BCUT2D eigenvalue weighted by molar-refractivity contribution is 5.52. The summed E-state index contributed by atoms with van der Waals surface area (Å²) < 4.78 is 5.57. The summed E-state index contributed by atoms with van der Waals surface area (Å²) in [6.45, 7) is 9.13. The van der Waals surface area contributed by atoms with Crippen LogP contribution < -0.4 is 10.1 Å². The molecule has 1 atom stereocenters. The van der Waals surface area contributed by atoms with E-state index in [1.165, 1.54) is 43.7 Å². The van der Waals surface area contributed by atoms with Crippen molar-refractivity contribution in [1.29, 1.82) is 0 Å². The first kappa shape index (κ1) is 13.7. The smallest absolute Gasteiger partial charge is 0.122 e. The van der Waals surface area contributed by atoms with Crippen molar-refractivity contribution in [2.45, 2.75) is 39.2 Å². The normalized spacial score (nSPS) is 21.3. The number of anilines is 1. The maximum absolute atomic E-state index is 5.57. The van der Waals surface area contributed by atoms with Crippen molar-refractivity contribution < 1.29 is 4.74 Å². The van der Waals surface area contributed by atoms with Gasteiger partial charge in [-0.2, -0.15) is 0 Å². The lowest BCUT2D eigenvalue weighted by molar-refractivity contribution is 0.183. The molecule has 20 heavy (non-hydrogen) atoms. The Morgan fingerprint density at radius 2 is 2.15 bits per heavy atom. The predicted octanol–water partition coefficient (Wildman–Crippen LogP) is 3.15. The molecule has 1 aromatic carbocycles. The molecule has 0 saturated carbocycles. The second-order valence-corrected chi connectivity index (χ2v) is 6.13. The minimum absolute atomic E-state index is 0.550. The van der Waals surface area contributed by atoms with Gasteiger partial charge in [-0.05, 0) is 69.1 Å². The van der Waals surface area contributed by atoms with E-state index in [9.17, 15) is 0 Å². The van der Waals surface area contributed by atoms with Crippen LogP contribution in [0.3, 0.4) is 0 Å². The number of hydrogen-bond donors (Lipinski definition) is 1. The van der Waals surface area contributed by atoms with Crippen LogP contribution in [0.1, 0.15) is 32.3 Å². The number of nitrogens with zero attached hydrogens (tertiary/aromatic N) is 1. The maximum atomic E-state index is 5.57. The molecule has 3 rings (SSSR count). The number of nitrogens with one attached hydrogen (secondary N) is 1. The zero-order valence-electron chi connectivity index (χ0n) is 12.7. The standard InChI is InChI=1S/C17H26N2O/c1-3-19-9-6-14(7-10-19)13(2)18-16-4-5-17-15(12-16)8-11-20-17/h4-5,12-14,18H,3,6-11H2,1-2H3. The van der Waals surface area contributed by atoms with Crippen LogP contribution in [0.15, 0.2) is 18.2 Å². The van der Waals surface area contributed by atoms with E-state index in [0.717, 1.165) is 24.7 Å². The average molecular weight is 274 g/mol. The van der Waals surface area contributed by atoms with Gasteiger partial charge in [0.25, 0.3) is 0 Å². The molecule has 0 aromatic heterocycles. The van der Waals surface area contributed by atoms with Crippen LogP contribution in [0.5, 0.6) is 5.75 Å². The second kappa shape index (κ2) is 6.04. The van der Waals surface area contributed by atoms with E-state index in [-0.39, 0.29) is 0 Å². The summed E-state index contributed by atoms with van der Waals surface area (Å²) in [5.74, 6) is 1.86. The fraction of sp³-hybridized carbons (Fsp3) is 0.647. The molecule has 1 N–H and O–H groups in total. The van der Waals surface area contributed by atoms with Crippen LogP contribution >= 0.6 is 0 Å². The van der Waals surface area contributed by atoms with Crippen molar-refractivity contribution >= 4 is 5.69 Å². The van der Waals surface area contributed by atoms with Gasteiger partial charge in [0.15, 0.2) is 0 Å². The number of likely N-dealkylation sites (tertiary alicyclic amines) is 1. The van der Waals surface area contributed by atoms with Crippen LogP contribution in [0.4, 0.5) is 5.69 Å². The van der Waals surface area contributed by atoms with E-state index in [1.807, 2.05) is 0 Å². The lowest BCUT2D eigenvalue weighted by Crippen LogP contribution is -2.39. The van der Waals surface area contributed by atoms with E-state index < -0.39 is 0 Å². The highest BCUT2D eigenvalue weighted by atomic mass is 16.5. The number of benzene rings is 1. The third-order valence-corrected chi connectivity index (χ3v) is 4.87. The Labute approximate surface area is 122 Å². The molecule has 1 saturated heterocycles. The first-order valence-corrected chi connectivity index (χ1v) is 8.01. The zero-order valence-corrected chi connectivity index (χ0v) is 12.7. The van der Waals surface area contributed by atoms with Crippen molar-refractivity contribution in [2.24, 2.45) is 5.92 Å². The highest BCUT2D eigenvalue weighted by Crippen LogP contribution is 2.29. The van der Waals surface area contributed by atoms with Gasteiger partial charge in [-0.15, -0.1) is 0 Å². The number of ether oxygens (including phenoxy) is 1. The minimum Gasteiger partial charge on any atom is -0.493 e. The Balaban J connectivity index is 1.57. The Hall–Kier alpha value is -1.22. The molecule has 2 heterocycles. The van der Waals surface area contributed by atoms with Crippen LogP contribution in [0, 0.1) is 5.92 Å². The fourth-order valence-electron chi connectivity index (χ4n) is 3.43. The Bertz CT molecular complexity index is 452. The molecule has 3 nitrogen and oxygen atoms in total. The molecule has 1 fully saturated rings. The molecule has 0 radical (unpaired) electrons. The van der Waals surface area contributed by atoms with E-state index in [0.29, 0.717) is 6.04 Å². The molecule has 3 heteroatoms. The van der Waals surface area contributed by atoms with Gasteiger partial charge < -0.3 is 15.0 Å². The first-order valence-electron chi connectivity index (χ1n) is 8.01. The SMILES string of the molecule is CCN1CCC(C(C)Nc2ccc3c(c2)CCO3)CC1. The zero-order chi connectivity index (χ0) is 13.9. The van der Waals surface area contributed by atoms with Gasteiger partial charge in [-0.1, -0.05) is 6.92 Å². The van der Waals surface area contributed by atoms with Crippen LogP contribution in [0.2, 0.25) is 0 Å². The van der Waals surface area contributed by atoms with Crippen LogP contribution in [-0.4, -0.2) is 37.2 Å². The average Bonchev–Trinajstić information content (AvgIpc) is 2.95. The number of hydrogen-bond acceptors (Lipinski definition) is 3. The lowest BCUT2D eigenvalue weighted by atomic mass is 9.90. The van der Waals surface area contributed by atoms with Gasteiger partial charge >= 0.3 is 0 Å². The van der Waals surface area contributed by atoms with E-state index in [1.54, 1.807) is 0 Å². The lowest BCUT2D eigenvalue weighted by Gasteiger charge is -2.34. The van der Waals surface area contributed by atoms with Crippen molar-refractivity contribution in [1.82, 2.24) is 4.90 Å². The molecule has 0 spiro atoms. The van der Waals surface area contributed by atoms with E-state index >= 15 is 0 Å². The monoisotopic (exact) mass is 274 g/mol. The molecule has 2 aliphatic heterocycles. The Kier molecular flexibility index (Phi) is 4.16. The van der Waals surface area contributed by atoms with Gasteiger partial charge in [0.1, 0.15) is 5.75 Å². The quantitative estimate of drug-likeness (QED) is 0.913. The van der Waals surface area contributed by atoms with Crippen molar-refractivity contribution in [3.63, 3.8) is 0 Å². The summed E-state index contributed by atoms with van der Waals surface area (Å²) in [6, 6.07) is 7.08. The topological polar surface area (TPSA) is 24.5 Å². The maximum Gasteiger partial charge on any atom is 0.122 e. The summed E-state index contributed by atoms with van der Waals surface area (Å²) >= 11 is 0. The number of piperidine rings is 1. The molecular weight excluding hydrogens is 248 g/mol. The van der Waals surface area contributed by atoms with E-state index in [2.05, 4.69) is 42.3 Å². The van der Waals surface area contributed by atoms with Gasteiger partial charge in [0, 0.05) is 18.2 Å². The van der Waals surface area contributed by atoms with Crippen LogP contribution in [-0.2, 0) is 6.42 Å². The van der Waals surface area contributed by atoms with Gasteiger partial charge in [-0.25, -0.2) is 0 Å². The molecule has 0 aliphatic carbocycles. The summed E-state index contributed by atoms with van der Waals surface area (Å²) in [6.07, 6.45) is 3.68. The summed E-state index contributed by atoms with van der Waals surface area (Å²) in [5, 5.41) is 3.70. The molecule has 0 amide bonds. The summed E-state index contributed by atoms with van der Waals surface area (Å²) in [4.78, 5) is 2.55. The largest absolute Gasteiger partial charge is 0.493 e. The summed E-state index contributed by atoms with van der Waals surface area (Å²) in [5.41, 5.74) is 2.60. The van der Waals surface area contributed by atoms with E-state index in [4.69, 9.17) is 4.74 Å². The fourth-order valence-corrected chi connectivity index (χ4v) is 3.43. The van der Waals surface area contributed by atoms with Crippen molar-refractivity contribution in [3.05, 3.63) is 23.8 Å². The molecule has 2 aliphatic rings. The summed E-state index contributed by atoms with van der Waals surface area (Å²) in [7, 11) is 0. The molecule has 1 unspecified atom stereocenters. The van der Waals surface area contributed by atoms with Gasteiger partial charge in [0.2, 0.25) is 0 Å². The van der Waals surface area contributed by atoms with Gasteiger partial charge in [0.05, 0.1) is 6.61 Å². The molecular formula is C17H26N2O.